The highest BCUT2D eigenvalue weighted by Gasteiger charge is 2.21. The van der Waals surface area contributed by atoms with Crippen molar-refractivity contribution < 1.29 is 14.7 Å². The number of carbonyl (C=O) groups excluding carboxylic acids is 2. The molecule has 0 aromatic heterocycles. The minimum absolute atomic E-state index is 0.00378. The fraction of sp³-hybridized carbons (Fsp3) is 0.357. The third-order valence-corrected chi connectivity index (χ3v) is 3.13. The molecule has 0 unspecified atom stereocenters. The summed E-state index contributed by atoms with van der Waals surface area (Å²) in [7, 11) is 1.54. The number of hydrogen-bond donors (Lipinski definition) is 2. The van der Waals surface area contributed by atoms with E-state index in [2.05, 4.69) is 10.4 Å². The van der Waals surface area contributed by atoms with Gasteiger partial charge in [0, 0.05) is 26.4 Å². The second kappa shape index (κ2) is 6.29. The molecule has 0 aliphatic carbocycles. The summed E-state index contributed by atoms with van der Waals surface area (Å²) in [6.07, 6.45) is 0.687. The topological polar surface area (TPSA) is 82.0 Å². The monoisotopic (exact) mass is 275 g/mol. The van der Waals surface area contributed by atoms with Crippen molar-refractivity contribution in [3.8, 4) is 0 Å². The van der Waals surface area contributed by atoms with E-state index in [-0.39, 0.29) is 18.4 Å². The van der Waals surface area contributed by atoms with Crippen molar-refractivity contribution >= 4 is 17.5 Å². The lowest BCUT2D eigenvalue weighted by Crippen LogP contribution is -2.37. The minimum Gasteiger partial charge on any atom is -0.392 e. The standard InChI is InChI=1S/C14H17N3O3/c1-17-13(19)7-6-12(16-17)14(20)15-8-10-2-4-11(9-18)5-3-10/h2-5,18H,6-9H2,1H3,(H,15,20). The number of benzene rings is 1. The van der Waals surface area contributed by atoms with Gasteiger partial charge in [-0.05, 0) is 11.1 Å². The first-order valence-electron chi connectivity index (χ1n) is 6.41. The molecule has 0 fully saturated rings. The van der Waals surface area contributed by atoms with Gasteiger partial charge < -0.3 is 10.4 Å². The molecule has 0 radical (unpaired) electrons. The van der Waals surface area contributed by atoms with Crippen molar-refractivity contribution in [1.29, 1.82) is 0 Å². The number of rotatable bonds is 4. The van der Waals surface area contributed by atoms with Gasteiger partial charge in [0.05, 0.1) is 6.61 Å². The van der Waals surface area contributed by atoms with Crippen molar-refractivity contribution in [3.05, 3.63) is 35.4 Å². The van der Waals surface area contributed by atoms with Crippen LogP contribution >= 0.6 is 0 Å². The number of nitrogens with zero attached hydrogens (tertiary/aromatic N) is 2. The zero-order valence-electron chi connectivity index (χ0n) is 11.3. The molecular weight excluding hydrogens is 258 g/mol. The van der Waals surface area contributed by atoms with Crippen LogP contribution in [0.1, 0.15) is 24.0 Å². The quantitative estimate of drug-likeness (QED) is 0.834. The smallest absolute Gasteiger partial charge is 0.267 e. The van der Waals surface area contributed by atoms with Crippen molar-refractivity contribution in [1.82, 2.24) is 10.3 Å². The van der Waals surface area contributed by atoms with Crippen LogP contribution in [0.15, 0.2) is 29.4 Å². The molecule has 6 nitrogen and oxygen atoms in total. The molecule has 20 heavy (non-hydrogen) atoms. The van der Waals surface area contributed by atoms with Crippen LogP contribution < -0.4 is 5.32 Å². The van der Waals surface area contributed by atoms with E-state index < -0.39 is 0 Å². The summed E-state index contributed by atoms with van der Waals surface area (Å²) < 4.78 is 0. The van der Waals surface area contributed by atoms with Gasteiger partial charge in [0.15, 0.2) is 0 Å². The Bertz CT molecular complexity index is 537. The molecule has 1 aliphatic rings. The van der Waals surface area contributed by atoms with E-state index in [1.807, 2.05) is 24.3 Å². The number of aliphatic hydroxyl groups excluding tert-OH is 1. The SMILES string of the molecule is CN1N=C(C(=O)NCc2ccc(CO)cc2)CCC1=O. The molecule has 1 aromatic rings. The fourth-order valence-electron chi connectivity index (χ4n) is 1.88. The molecule has 2 rings (SSSR count). The molecule has 0 saturated carbocycles. The summed E-state index contributed by atoms with van der Waals surface area (Å²) >= 11 is 0. The molecule has 1 aliphatic heterocycles. The Kier molecular flexibility index (Phi) is 4.47. The Morgan fingerprint density at radius 1 is 1.30 bits per heavy atom. The van der Waals surface area contributed by atoms with Gasteiger partial charge in [0.1, 0.15) is 5.71 Å². The summed E-state index contributed by atoms with van der Waals surface area (Å²) in [5.74, 6) is -0.336. The molecule has 6 heteroatoms. The van der Waals surface area contributed by atoms with Gasteiger partial charge in [-0.15, -0.1) is 0 Å². The predicted octanol–water partition coefficient (Wildman–Crippen LogP) is 0.403. The zero-order valence-corrected chi connectivity index (χ0v) is 11.3. The Balaban J connectivity index is 1.91. The van der Waals surface area contributed by atoms with Crippen molar-refractivity contribution in [2.45, 2.75) is 26.0 Å². The average Bonchev–Trinajstić information content (AvgIpc) is 2.48. The lowest BCUT2D eigenvalue weighted by Gasteiger charge is -2.18. The average molecular weight is 275 g/mol. The second-order valence-corrected chi connectivity index (χ2v) is 4.62. The Morgan fingerprint density at radius 3 is 2.55 bits per heavy atom. The van der Waals surface area contributed by atoms with Crippen LogP contribution in [0, 0.1) is 0 Å². The molecule has 1 heterocycles. The number of hydrogen-bond acceptors (Lipinski definition) is 4. The number of aliphatic hydroxyl groups is 1. The molecule has 1 aromatic carbocycles. The van der Waals surface area contributed by atoms with E-state index in [1.54, 1.807) is 7.05 Å². The summed E-state index contributed by atoms with van der Waals surface area (Å²) in [6, 6.07) is 7.33. The second-order valence-electron chi connectivity index (χ2n) is 4.62. The van der Waals surface area contributed by atoms with Gasteiger partial charge in [0.2, 0.25) is 5.91 Å². The van der Waals surface area contributed by atoms with E-state index >= 15 is 0 Å². The summed E-state index contributed by atoms with van der Waals surface area (Å²) in [6.45, 7) is 0.394. The molecule has 0 bridgehead atoms. The van der Waals surface area contributed by atoms with Gasteiger partial charge in [-0.2, -0.15) is 5.10 Å². The van der Waals surface area contributed by atoms with Gasteiger partial charge in [0.25, 0.3) is 5.91 Å². The Hall–Kier alpha value is -2.21. The molecule has 2 N–H and O–H groups in total. The first kappa shape index (κ1) is 14.2. The highest BCUT2D eigenvalue weighted by Crippen LogP contribution is 2.08. The maximum atomic E-state index is 11.9. The van der Waals surface area contributed by atoms with Gasteiger partial charge in [-0.1, -0.05) is 24.3 Å². The lowest BCUT2D eigenvalue weighted by molar-refractivity contribution is -0.130. The van der Waals surface area contributed by atoms with Crippen LogP contribution in [0.25, 0.3) is 0 Å². The molecule has 0 spiro atoms. The zero-order chi connectivity index (χ0) is 14.5. The van der Waals surface area contributed by atoms with E-state index in [0.29, 0.717) is 25.1 Å². The summed E-state index contributed by atoms with van der Waals surface area (Å²) in [4.78, 5) is 23.2. The highest BCUT2D eigenvalue weighted by atomic mass is 16.3. The summed E-state index contributed by atoms with van der Waals surface area (Å²) in [5.41, 5.74) is 2.15. The first-order valence-corrected chi connectivity index (χ1v) is 6.41. The molecular formula is C14H17N3O3. The van der Waals surface area contributed by atoms with Crippen LogP contribution in [0.4, 0.5) is 0 Å². The van der Waals surface area contributed by atoms with E-state index in [1.165, 1.54) is 5.01 Å². The number of amides is 2. The van der Waals surface area contributed by atoms with Crippen LogP contribution in [0.2, 0.25) is 0 Å². The van der Waals surface area contributed by atoms with Gasteiger partial charge in [-0.3, -0.25) is 9.59 Å². The third kappa shape index (κ3) is 3.42. The van der Waals surface area contributed by atoms with Crippen LogP contribution in [-0.4, -0.2) is 34.7 Å². The molecule has 0 saturated heterocycles. The third-order valence-electron chi connectivity index (χ3n) is 3.13. The van der Waals surface area contributed by atoms with E-state index in [4.69, 9.17) is 5.11 Å². The lowest BCUT2D eigenvalue weighted by atomic mass is 10.1. The van der Waals surface area contributed by atoms with Crippen LogP contribution in [0.5, 0.6) is 0 Å². The van der Waals surface area contributed by atoms with Gasteiger partial charge >= 0.3 is 0 Å². The van der Waals surface area contributed by atoms with Crippen molar-refractivity contribution in [3.63, 3.8) is 0 Å². The maximum absolute atomic E-state index is 11.9. The Labute approximate surface area is 117 Å². The highest BCUT2D eigenvalue weighted by molar-refractivity contribution is 6.39. The normalized spacial score (nSPS) is 15.0. The number of nitrogens with one attached hydrogen (secondary N) is 1. The van der Waals surface area contributed by atoms with E-state index in [0.717, 1.165) is 11.1 Å². The fourth-order valence-corrected chi connectivity index (χ4v) is 1.88. The Morgan fingerprint density at radius 2 is 1.95 bits per heavy atom. The predicted molar refractivity (Wildman–Crippen MR) is 73.7 cm³/mol. The first-order chi connectivity index (χ1) is 9.60. The molecule has 2 amide bonds. The summed E-state index contributed by atoms with van der Waals surface area (Å²) in [5, 5.41) is 16.9. The van der Waals surface area contributed by atoms with Crippen molar-refractivity contribution in [2.75, 3.05) is 7.05 Å². The maximum Gasteiger partial charge on any atom is 0.267 e. The molecule has 106 valence electrons. The minimum atomic E-state index is -0.254. The number of hydrazone groups is 1. The van der Waals surface area contributed by atoms with E-state index in [9.17, 15) is 9.59 Å². The number of carbonyl (C=O) groups is 2. The van der Waals surface area contributed by atoms with Crippen LogP contribution in [0.3, 0.4) is 0 Å². The van der Waals surface area contributed by atoms with Crippen molar-refractivity contribution in [2.24, 2.45) is 5.10 Å². The molecule has 0 atom stereocenters. The largest absolute Gasteiger partial charge is 0.392 e. The van der Waals surface area contributed by atoms with Gasteiger partial charge in [-0.25, -0.2) is 5.01 Å². The van der Waals surface area contributed by atoms with Crippen LogP contribution in [-0.2, 0) is 22.7 Å².